The molecule has 4 aromatic rings. The molecule has 60 heavy (non-hydrogen) atoms. The molecule has 0 radical (unpaired) electrons. The highest BCUT2D eigenvalue weighted by atomic mass is 32.2. The monoisotopic (exact) mass is 902 g/mol. The summed E-state index contributed by atoms with van der Waals surface area (Å²) < 4.78 is 142. The SMILES string of the molecule is C[N+]1=C(/C=C/C=C/C=C2/N(CCCCCC(=O)O)c3ccc4c(S(=O)(=O)O)cc(S(=O)(=O)O)cc4c3C2(C)C)C(C)(C)c2c1ccc1c(S(=O)(=O)[O-])cc(S(=O)(=O)O)cc21. The first kappa shape index (κ1) is 44.7. The van der Waals surface area contributed by atoms with Gasteiger partial charge >= 0.3 is 5.97 Å². The number of allylic oxidation sites excluding steroid dienone is 6. The van der Waals surface area contributed by atoms with E-state index >= 15 is 0 Å². The summed E-state index contributed by atoms with van der Waals surface area (Å²) in [4.78, 5) is 10.2. The van der Waals surface area contributed by atoms with Crippen LogP contribution in [0.15, 0.2) is 104 Å². The molecule has 2 aliphatic heterocycles. The number of aliphatic carboxylic acids is 1. The van der Waals surface area contributed by atoms with Gasteiger partial charge in [0.2, 0.25) is 5.69 Å². The number of carboxylic acid groups (broad SMARTS) is 1. The van der Waals surface area contributed by atoms with E-state index in [4.69, 9.17) is 5.11 Å². The predicted octanol–water partition coefficient (Wildman–Crippen LogP) is 6.08. The van der Waals surface area contributed by atoms with Crippen LogP contribution in [-0.2, 0) is 56.1 Å². The average molecular weight is 903 g/mol. The summed E-state index contributed by atoms with van der Waals surface area (Å²) in [6.07, 6.45) is 10.4. The van der Waals surface area contributed by atoms with E-state index < -0.39 is 76.9 Å². The number of carbonyl (C=O) groups is 1. The summed E-state index contributed by atoms with van der Waals surface area (Å²) in [5, 5.41) is 9.48. The Balaban J connectivity index is 1.42. The van der Waals surface area contributed by atoms with Gasteiger partial charge in [-0.2, -0.15) is 29.8 Å². The zero-order valence-corrected chi connectivity index (χ0v) is 36.2. The van der Waals surface area contributed by atoms with Crippen molar-refractivity contribution >= 4 is 85.1 Å². The largest absolute Gasteiger partial charge is 0.744 e. The maximum Gasteiger partial charge on any atom is 0.303 e. The Morgan fingerprint density at radius 2 is 1.27 bits per heavy atom. The lowest BCUT2D eigenvalue weighted by Gasteiger charge is -2.27. The van der Waals surface area contributed by atoms with Crippen LogP contribution >= 0.6 is 0 Å². The van der Waals surface area contributed by atoms with Crippen molar-refractivity contribution < 1.29 is 66.4 Å². The lowest BCUT2D eigenvalue weighted by Crippen LogP contribution is -2.27. The Labute approximate surface area is 347 Å². The first-order chi connectivity index (χ1) is 27.6. The molecule has 2 aliphatic rings. The van der Waals surface area contributed by atoms with Crippen molar-refractivity contribution in [2.24, 2.45) is 0 Å². The zero-order valence-electron chi connectivity index (χ0n) is 32.9. The molecule has 16 nitrogen and oxygen atoms in total. The Morgan fingerprint density at radius 3 is 1.83 bits per heavy atom. The van der Waals surface area contributed by atoms with Gasteiger partial charge in [-0.1, -0.05) is 44.6 Å². The predicted molar refractivity (Wildman–Crippen MR) is 222 cm³/mol. The van der Waals surface area contributed by atoms with E-state index in [9.17, 15) is 56.7 Å². The minimum absolute atomic E-state index is 0.00261. The van der Waals surface area contributed by atoms with Gasteiger partial charge in [0.1, 0.15) is 22.1 Å². The first-order valence-corrected chi connectivity index (χ1v) is 24.1. The third-order valence-corrected chi connectivity index (χ3v) is 14.5. The molecule has 0 aliphatic carbocycles. The number of fused-ring (bicyclic) bond motifs is 6. The molecule has 0 saturated carbocycles. The van der Waals surface area contributed by atoms with Crippen molar-refractivity contribution in [1.82, 2.24) is 0 Å². The normalized spacial score (nSPS) is 17.5. The van der Waals surface area contributed by atoms with Crippen LogP contribution in [0.4, 0.5) is 11.4 Å². The lowest BCUT2D eigenvalue weighted by atomic mass is 9.79. The number of unbranched alkanes of at least 4 members (excludes halogenated alkanes) is 2. The zero-order chi connectivity index (χ0) is 44.5. The standard InChI is InChI=1S/C40H42N2O14S4/c1-39(2)34(41(5)30-17-15-26-28(37(30)39)20-24(57(45,46)47)22-32(26)59(51,52)53)12-8-6-9-13-35-40(3,4)38-29-21-25(58(48,49)50)23-33(60(54,55)56)27(29)16-18-31(38)42(35)19-11-7-10-14-36(43)44/h6,8-9,12-13,15-18,20-23H,7,10-11,14,19H2,1-5H3,(H4-,43,44,45,46,47,48,49,50,51,52,53,54,55,56). The smallest absolute Gasteiger partial charge is 0.303 e. The number of benzene rings is 4. The molecular formula is C40H42N2O14S4. The summed E-state index contributed by atoms with van der Waals surface area (Å²) in [5.74, 6) is -0.921. The van der Waals surface area contributed by atoms with Crippen LogP contribution in [0.1, 0.15) is 64.5 Å². The lowest BCUT2D eigenvalue weighted by molar-refractivity contribution is -0.401. The molecule has 320 valence electrons. The van der Waals surface area contributed by atoms with Crippen LogP contribution in [0, 0.1) is 0 Å². The molecule has 2 heterocycles. The Bertz CT molecular complexity index is 3110. The fourth-order valence-corrected chi connectivity index (χ4v) is 11.1. The maximum atomic E-state index is 12.5. The summed E-state index contributed by atoms with van der Waals surface area (Å²) in [7, 11) is -18.2. The van der Waals surface area contributed by atoms with Gasteiger partial charge in [0.15, 0.2) is 5.71 Å². The van der Waals surface area contributed by atoms with Crippen LogP contribution in [-0.4, -0.2) is 86.8 Å². The van der Waals surface area contributed by atoms with Gasteiger partial charge in [0, 0.05) is 58.2 Å². The highest BCUT2D eigenvalue weighted by Gasteiger charge is 2.45. The second kappa shape index (κ2) is 15.3. The highest BCUT2D eigenvalue weighted by Crippen LogP contribution is 2.52. The number of nitrogens with zero attached hydrogens (tertiary/aromatic N) is 2. The summed E-state index contributed by atoms with van der Waals surface area (Å²) in [6, 6.07) is 9.78. The van der Waals surface area contributed by atoms with Crippen LogP contribution < -0.4 is 4.90 Å². The molecular weight excluding hydrogens is 861 g/mol. The Morgan fingerprint density at radius 1 is 0.700 bits per heavy atom. The van der Waals surface area contributed by atoms with Crippen molar-refractivity contribution in [2.45, 2.75) is 83.8 Å². The molecule has 4 aromatic carbocycles. The first-order valence-electron chi connectivity index (χ1n) is 18.3. The molecule has 0 saturated heterocycles. The van der Waals surface area contributed by atoms with Crippen LogP contribution in [0.5, 0.6) is 0 Å². The summed E-state index contributed by atoms with van der Waals surface area (Å²) >= 11 is 0. The van der Waals surface area contributed by atoms with Crippen molar-refractivity contribution in [1.29, 1.82) is 0 Å². The topological polar surface area (TPSA) is 264 Å². The van der Waals surface area contributed by atoms with E-state index in [1.165, 1.54) is 12.1 Å². The van der Waals surface area contributed by atoms with E-state index in [1.807, 2.05) is 43.2 Å². The van der Waals surface area contributed by atoms with Gasteiger partial charge in [0.05, 0.1) is 20.1 Å². The van der Waals surface area contributed by atoms with Gasteiger partial charge in [-0.25, -0.2) is 8.42 Å². The van der Waals surface area contributed by atoms with E-state index in [-0.39, 0.29) is 28.0 Å². The van der Waals surface area contributed by atoms with Crippen LogP contribution in [0.2, 0.25) is 0 Å². The summed E-state index contributed by atoms with van der Waals surface area (Å²) in [6.45, 7) is 7.77. The molecule has 20 heteroatoms. The molecule has 0 bridgehead atoms. The van der Waals surface area contributed by atoms with Crippen molar-refractivity contribution in [2.75, 3.05) is 18.5 Å². The van der Waals surface area contributed by atoms with Crippen LogP contribution in [0.25, 0.3) is 21.5 Å². The van der Waals surface area contributed by atoms with Crippen molar-refractivity contribution in [3.63, 3.8) is 0 Å². The Kier molecular flexibility index (Phi) is 11.4. The highest BCUT2D eigenvalue weighted by molar-refractivity contribution is 7.87. The fraction of sp³-hybridized carbons (Fsp3) is 0.300. The fourth-order valence-electron chi connectivity index (χ4n) is 8.48. The second-order valence-electron chi connectivity index (χ2n) is 15.7. The number of carboxylic acids is 1. The third kappa shape index (κ3) is 8.17. The number of hydrogen-bond acceptors (Lipinski definition) is 11. The number of rotatable bonds is 13. The maximum absolute atomic E-state index is 12.5. The van der Waals surface area contributed by atoms with Gasteiger partial charge in [-0.05, 0) is 85.5 Å². The second-order valence-corrected chi connectivity index (χ2v) is 21.3. The molecule has 0 amide bonds. The van der Waals surface area contributed by atoms with Gasteiger partial charge in [-0.15, -0.1) is 0 Å². The number of anilines is 1. The van der Waals surface area contributed by atoms with Gasteiger partial charge in [-0.3, -0.25) is 18.5 Å². The average Bonchev–Trinajstić information content (AvgIpc) is 3.46. The molecule has 6 rings (SSSR count). The van der Waals surface area contributed by atoms with E-state index in [2.05, 4.69) is 0 Å². The van der Waals surface area contributed by atoms with Crippen LogP contribution in [0.3, 0.4) is 0 Å². The Hall–Kier alpha value is -4.80. The molecule has 0 unspecified atom stereocenters. The number of hydrogen-bond donors (Lipinski definition) is 4. The molecule has 0 aromatic heterocycles. The van der Waals surface area contributed by atoms with Crippen molar-refractivity contribution in [3.8, 4) is 0 Å². The molecule has 4 N–H and O–H groups in total. The van der Waals surface area contributed by atoms with Gasteiger partial charge < -0.3 is 14.6 Å². The minimum atomic E-state index is -5.16. The molecule has 0 fully saturated rings. The molecule has 0 spiro atoms. The summed E-state index contributed by atoms with van der Waals surface area (Å²) in [5.41, 5.74) is 1.86. The third-order valence-electron chi connectivity index (χ3n) is 11.1. The quantitative estimate of drug-likeness (QED) is 0.0513. The van der Waals surface area contributed by atoms with E-state index in [0.717, 1.165) is 12.1 Å². The van der Waals surface area contributed by atoms with Gasteiger partial charge in [0.25, 0.3) is 30.4 Å². The van der Waals surface area contributed by atoms with E-state index in [1.54, 1.807) is 43.5 Å². The van der Waals surface area contributed by atoms with Crippen molar-refractivity contribution in [3.05, 3.63) is 95.7 Å². The van der Waals surface area contributed by atoms with E-state index in [0.29, 0.717) is 71.9 Å². The molecule has 0 atom stereocenters. The minimum Gasteiger partial charge on any atom is -0.744 e.